The fraction of sp³-hybridized carbons (Fsp3) is 0.407. The lowest BCUT2D eigenvalue weighted by Gasteiger charge is -2.29. The van der Waals surface area contributed by atoms with Crippen LogP contribution in [0, 0.1) is 5.92 Å². The minimum absolute atomic E-state index is 0.157. The lowest BCUT2D eigenvalue weighted by Crippen LogP contribution is -2.61. The summed E-state index contributed by atoms with van der Waals surface area (Å²) in [7, 11) is 0. The van der Waals surface area contributed by atoms with Crippen molar-refractivity contribution in [3.05, 3.63) is 102 Å². The summed E-state index contributed by atoms with van der Waals surface area (Å²) < 4.78 is 0. The number of nitrogens with one attached hydrogen (secondary N) is 10. The predicted octanol–water partition coefficient (Wildman–Crippen LogP) is -0.838. The van der Waals surface area contributed by atoms with E-state index in [1.165, 1.54) is 36.0 Å². The number of aromatic amines is 2. The first-order valence-electron chi connectivity index (χ1n) is 28.4. The average molecular weight is 1270 g/mol. The summed E-state index contributed by atoms with van der Waals surface area (Å²) in [5.74, 6) is -16.8. The van der Waals surface area contributed by atoms with Crippen LogP contribution in [0.1, 0.15) is 75.5 Å². The van der Waals surface area contributed by atoms with Crippen molar-refractivity contribution in [2.24, 2.45) is 17.4 Å². The third kappa shape index (κ3) is 21.4. The van der Waals surface area contributed by atoms with E-state index in [2.05, 4.69) is 52.5 Å². The first-order chi connectivity index (χ1) is 42.7. The zero-order chi connectivity index (χ0) is 66.4. The van der Waals surface area contributed by atoms with Gasteiger partial charge in [-0.2, -0.15) is 11.8 Å². The number of phenolic OH excluding ortho intramolecular Hbond substituents is 1. The molecule has 2 heterocycles. The van der Waals surface area contributed by atoms with Gasteiger partial charge in [0.2, 0.25) is 53.2 Å². The molecule has 0 fully saturated rings. The average Bonchev–Trinajstić information content (AvgIpc) is 1.85. The Hall–Kier alpha value is -10.0. The highest BCUT2D eigenvalue weighted by Gasteiger charge is 2.38. The molecule has 0 aliphatic carbocycles. The third-order valence-corrected chi connectivity index (χ3v) is 15.2. The molecule has 0 unspecified atom stereocenters. The van der Waals surface area contributed by atoms with E-state index in [0.29, 0.717) is 38.5 Å². The first-order valence-corrected chi connectivity index (χ1v) is 29.8. The molecule has 5 aromatic rings. The Kier molecular flexibility index (Phi) is 26.6. The van der Waals surface area contributed by atoms with Gasteiger partial charge in [0, 0.05) is 59.9 Å². The van der Waals surface area contributed by atoms with Crippen molar-refractivity contribution in [2.45, 2.75) is 132 Å². The van der Waals surface area contributed by atoms with Crippen LogP contribution in [0.25, 0.3) is 21.8 Å². The maximum absolute atomic E-state index is 14.4. The molecular weight excluding hydrogens is 1200 g/mol. The number of benzene rings is 3. The molecule has 10 atom stereocenters. The molecule has 0 saturated heterocycles. The fourth-order valence-electron chi connectivity index (χ4n) is 9.49. The Morgan fingerprint density at radius 3 is 1.40 bits per heavy atom. The smallest absolute Gasteiger partial charge is 0.326 e. The van der Waals surface area contributed by atoms with Gasteiger partial charge in [-0.3, -0.25) is 57.5 Å². The molecule has 90 heavy (non-hydrogen) atoms. The van der Waals surface area contributed by atoms with E-state index < -0.39 is 169 Å². The Bertz CT molecular complexity index is 3430. The van der Waals surface area contributed by atoms with E-state index in [1.807, 2.05) is 0 Å². The number of carboxylic acid groups (broad SMARTS) is 4. The summed E-state index contributed by atoms with van der Waals surface area (Å²) in [6, 6.07) is 3.99. The number of carbonyl (C=O) groups is 13. The van der Waals surface area contributed by atoms with Crippen LogP contribution in [0.5, 0.6) is 5.75 Å². The summed E-state index contributed by atoms with van der Waals surface area (Å²) in [6.45, 7) is 3.20. The zero-order valence-corrected chi connectivity index (χ0v) is 50.1. The SMILES string of the molecule is CC[C@H](C)[C@H](NC(=O)[C@H](Cc1c[nH]c2ccccc12)NC(=O)[C@@H](N)CC(=O)O)C(=O)N[C@@H](CC(=O)O)C(=O)N[C@@H](CCC(N)=O)C(=O)N[C@@H](CCSC)C(=O)N[C@@H](Cc1ccc(O)cc1)C(=O)N[C@@H](CC(=O)O)C(=O)N[C@@H](Cc1c[nH]c2ccccc12)C(=O)O. The molecule has 0 saturated carbocycles. The van der Waals surface area contributed by atoms with Gasteiger partial charge in [-0.1, -0.05) is 68.8 Å². The summed E-state index contributed by atoms with van der Waals surface area (Å²) in [6.07, 6.45) is -0.145. The van der Waals surface area contributed by atoms with Crippen molar-refractivity contribution in [3.63, 3.8) is 0 Å². The van der Waals surface area contributed by atoms with Gasteiger partial charge in [-0.15, -0.1) is 0 Å². The number of hydrogen-bond acceptors (Lipinski definition) is 16. The normalized spacial score (nSPS) is 14.5. The van der Waals surface area contributed by atoms with E-state index in [-0.39, 0.29) is 43.6 Å². The van der Waals surface area contributed by atoms with Crippen molar-refractivity contribution in [2.75, 3.05) is 12.0 Å². The monoisotopic (exact) mass is 1270 g/mol. The van der Waals surface area contributed by atoms with E-state index in [1.54, 1.807) is 81.0 Å². The molecule has 0 radical (unpaired) electrons. The Morgan fingerprint density at radius 2 is 0.911 bits per heavy atom. The summed E-state index contributed by atoms with van der Waals surface area (Å²) >= 11 is 1.22. The van der Waals surface area contributed by atoms with Crippen molar-refractivity contribution in [1.82, 2.24) is 52.5 Å². The van der Waals surface area contributed by atoms with Crippen LogP contribution in [0.4, 0.5) is 0 Å². The highest BCUT2D eigenvalue weighted by atomic mass is 32.2. The zero-order valence-electron chi connectivity index (χ0n) is 49.2. The van der Waals surface area contributed by atoms with Crippen LogP contribution in [-0.2, 0) is 81.6 Å². The van der Waals surface area contributed by atoms with Crippen LogP contribution < -0.4 is 54.0 Å². The number of fused-ring (bicyclic) bond motifs is 2. The second-order valence-corrected chi connectivity index (χ2v) is 22.3. The van der Waals surface area contributed by atoms with Gasteiger partial charge in [0.25, 0.3) is 0 Å². The number of carbonyl (C=O) groups excluding carboxylic acids is 9. The second-order valence-electron chi connectivity index (χ2n) is 21.3. The Balaban J connectivity index is 1.37. The summed E-state index contributed by atoms with van der Waals surface area (Å²) in [5.41, 5.74) is 14.0. The number of para-hydroxylation sites is 2. The number of primary amides is 1. The largest absolute Gasteiger partial charge is 0.508 e. The number of amides is 9. The van der Waals surface area contributed by atoms with E-state index in [9.17, 15) is 87.9 Å². The molecule has 0 aliphatic heterocycles. The number of carboxylic acids is 4. The lowest BCUT2D eigenvalue weighted by molar-refractivity contribution is -0.144. The summed E-state index contributed by atoms with van der Waals surface area (Å²) in [5, 5.41) is 69.8. The molecule has 9 amide bonds. The van der Waals surface area contributed by atoms with Gasteiger partial charge >= 0.3 is 23.9 Å². The second kappa shape index (κ2) is 33.9. The first kappa shape index (κ1) is 70.7. The molecule has 31 heteroatoms. The van der Waals surface area contributed by atoms with Crippen LogP contribution in [0.15, 0.2) is 85.2 Å². The molecule has 30 nitrogen and oxygen atoms in total. The maximum atomic E-state index is 14.4. The predicted molar refractivity (Wildman–Crippen MR) is 325 cm³/mol. The molecule has 0 spiro atoms. The number of H-pyrrole nitrogens is 2. The highest BCUT2D eigenvalue weighted by Crippen LogP contribution is 2.22. The van der Waals surface area contributed by atoms with Crippen LogP contribution in [-0.4, -0.2) is 179 Å². The van der Waals surface area contributed by atoms with Crippen molar-refractivity contribution >= 4 is 111 Å². The van der Waals surface area contributed by atoms with E-state index >= 15 is 0 Å². The number of aliphatic carboxylic acids is 4. The van der Waals surface area contributed by atoms with E-state index in [4.69, 9.17) is 11.5 Å². The minimum Gasteiger partial charge on any atom is -0.508 e. The van der Waals surface area contributed by atoms with Gasteiger partial charge < -0.3 is 89.5 Å². The third-order valence-electron chi connectivity index (χ3n) is 14.6. The molecule has 19 N–H and O–H groups in total. The van der Waals surface area contributed by atoms with Crippen LogP contribution >= 0.6 is 11.8 Å². The maximum Gasteiger partial charge on any atom is 0.326 e. The number of nitrogens with two attached hydrogens (primary N) is 2. The Morgan fingerprint density at radius 1 is 0.500 bits per heavy atom. The van der Waals surface area contributed by atoms with Crippen LogP contribution in [0.2, 0.25) is 0 Å². The molecule has 0 bridgehead atoms. The topological polar surface area (TPSA) is 503 Å². The van der Waals surface area contributed by atoms with Crippen molar-refractivity contribution < 1.29 is 87.9 Å². The standard InChI is InChI=1S/C59H74N12O18S/c1-4-29(2)50(71-57(86)42(66-51(80)36(60)24-47(74)75)22-31-27-62-37-11-7-5-9-34(31)37)58(87)69-44(26-49(78)79)55(84)64-39(17-18-46(61)73)52(81)65-40(19-20-90-3)53(82)67-41(21-30-13-15-33(72)16-14-30)54(83)68-43(25-48(76)77)56(85)70-45(59(88)89)23-32-28-63-38-12-8-6-10-35(32)38/h5-16,27-29,36,39-45,50,62-63,72H,4,17-26,60H2,1-3H3,(H2,61,73)(H,64,84)(H,65,81)(H,66,80)(H,67,82)(H,68,83)(H,69,87)(H,70,85)(H,71,86)(H,74,75)(H,76,77)(H,78,79)(H,88,89)/t29-,36-,39-,40-,41-,42-,43-,44-,45-,50-/m0/s1. The van der Waals surface area contributed by atoms with Gasteiger partial charge in [0.1, 0.15) is 54.1 Å². The molecule has 3 aromatic carbocycles. The quantitative estimate of drug-likeness (QED) is 0.0231. The highest BCUT2D eigenvalue weighted by molar-refractivity contribution is 7.98. The lowest BCUT2D eigenvalue weighted by atomic mass is 9.96. The van der Waals surface area contributed by atoms with Crippen molar-refractivity contribution in [3.8, 4) is 5.75 Å². The molecule has 484 valence electrons. The van der Waals surface area contributed by atoms with Gasteiger partial charge in [0.05, 0.1) is 25.3 Å². The minimum atomic E-state index is -2.01. The van der Waals surface area contributed by atoms with Crippen molar-refractivity contribution in [1.29, 1.82) is 0 Å². The van der Waals surface area contributed by atoms with Crippen LogP contribution in [0.3, 0.4) is 0 Å². The number of rotatable bonds is 37. The molecule has 2 aromatic heterocycles. The number of hydrogen-bond donors (Lipinski definition) is 17. The Labute approximate surface area is 518 Å². The van der Waals surface area contributed by atoms with E-state index in [0.717, 1.165) is 0 Å². The fourth-order valence-corrected chi connectivity index (χ4v) is 9.96. The number of thioether (sulfide) groups is 1. The molecule has 0 aliphatic rings. The molecule has 5 rings (SSSR count). The molecular formula is C59H74N12O18S. The number of aromatic nitrogens is 2. The summed E-state index contributed by atoms with van der Waals surface area (Å²) in [4.78, 5) is 179. The van der Waals surface area contributed by atoms with Gasteiger partial charge in [-0.25, -0.2) is 4.79 Å². The number of aromatic hydroxyl groups is 1. The van der Waals surface area contributed by atoms with Gasteiger partial charge in [-0.05, 0) is 71.7 Å². The number of phenols is 1. The van der Waals surface area contributed by atoms with Gasteiger partial charge in [0.15, 0.2) is 0 Å².